The molecule has 0 saturated heterocycles. The topological polar surface area (TPSA) is 56.0 Å². The van der Waals surface area contributed by atoms with Gasteiger partial charge in [-0.15, -0.1) is 0 Å². The van der Waals surface area contributed by atoms with Gasteiger partial charge in [0, 0.05) is 43.2 Å². The van der Waals surface area contributed by atoms with Crippen LogP contribution in [0.4, 0.5) is 0 Å². The van der Waals surface area contributed by atoms with Gasteiger partial charge in [0.15, 0.2) is 0 Å². The number of hydrogen-bond donors (Lipinski definition) is 0. The number of carbonyl (C=O) groups is 1. The van der Waals surface area contributed by atoms with Crippen molar-refractivity contribution in [3.63, 3.8) is 0 Å². The summed E-state index contributed by atoms with van der Waals surface area (Å²) in [7, 11) is 1.83. The van der Waals surface area contributed by atoms with E-state index < -0.39 is 0 Å². The standard InChI is InChI=1S/C25H27N5O/c1-5-29-19(3)22(18(2)26-29)16-28(4)25(31)23-17-30(21-14-10-7-11-15-21)27-24(23)20-12-8-6-9-13-20/h6-15,17H,5,16H2,1-4H3. The highest BCUT2D eigenvalue weighted by Crippen LogP contribution is 2.25. The van der Waals surface area contributed by atoms with Gasteiger partial charge in [-0.05, 0) is 32.9 Å². The van der Waals surface area contributed by atoms with E-state index in [-0.39, 0.29) is 5.91 Å². The van der Waals surface area contributed by atoms with E-state index in [2.05, 4.69) is 18.9 Å². The molecule has 2 aromatic carbocycles. The Labute approximate surface area is 182 Å². The Morgan fingerprint density at radius 1 is 0.968 bits per heavy atom. The summed E-state index contributed by atoms with van der Waals surface area (Å²) in [6.07, 6.45) is 1.83. The lowest BCUT2D eigenvalue weighted by atomic mass is 10.1. The Balaban J connectivity index is 1.71. The van der Waals surface area contributed by atoms with Gasteiger partial charge in [0.05, 0.1) is 16.9 Å². The maximum atomic E-state index is 13.5. The fraction of sp³-hybridized carbons (Fsp3) is 0.240. The number of para-hydroxylation sites is 1. The molecule has 6 nitrogen and oxygen atoms in total. The highest BCUT2D eigenvalue weighted by atomic mass is 16.2. The van der Waals surface area contributed by atoms with Gasteiger partial charge in [-0.1, -0.05) is 48.5 Å². The van der Waals surface area contributed by atoms with Crippen LogP contribution in [0.3, 0.4) is 0 Å². The summed E-state index contributed by atoms with van der Waals surface area (Å²) in [6, 6.07) is 19.7. The van der Waals surface area contributed by atoms with E-state index in [4.69, 9.17) is 5.10 Å². The minimum absolute atomic E-state index is 0.0657. The zero-order valence-corrected chi connectivity index (χ0v) is 18.4. The number of carbonyl (C=O) groups excluding carboxylic acids is 1. The van der Waals surface area contributed by atoms with Gasteiger partial charge in [-0.25, -0.2) is 4.68 Å². The Bertz CT molecular complexity index is 1190. The van der Waals surface area contributed by atoms with Crippen LogP contribution in [0.2, 0.25) is 0 Å². The van der Waals surface area contributed by atoms with E-state index >= 15 is 0 Å². The molecule has 4 aromatic rings. The first-order valence-corrected chi connectivity index (χ1v) is 10.5. The third-order valence-corrected chi connectivity index (χ3v) is 5.59. The van der Waals surface area contributed by atoms with Crippen molar-refractivity contribution in [1.82, 2.24) is 24.5 Å². The van der Waals surface area contributed by atoms with Crippen LogP contribution in [0.1, 0.15) is 34.2 Å². The van der Waals surface area contributed by atoms with Crippen LogP contribution in [-0.4, -0.2) is 37.4 Å². The smallest absolute Gasteiger partial charge is 0.257 e. The second-order valence-corrected chi connectivity index (χ2v) is 7.66. The van der Waals surface area contributed by atoms with Crippen molar-refractivity contribution in [3.8, 4) is 16.9 Å². The van der Waals surface area contributed by atoms with Crippen LogP contribution in [0.5, 0.6) is 0 Å². The number of hydrogen-bond acceptors (Lipinski definition) is 3. The molecule has 2 heterocycles. The van der Waals surface area contributed by atoms with Gasteiger partial charge in [-0.3, -0.25) is 9.48 Å². The van der Waals surface area contributed by atoms with E-state index in [0.29, 0.717) is 17.8 Å². The molecule has 0 fully saturated rings. The van der Waals surface area contributed by atoms with Crippen LogP contribution in [-0.2, 0) is 13.1 Å². The van der Waals surface area contributed by atoms with Crippen LogP contribution < -0.4 is 0 Å². The predicted octanol–water partition coefficient (Wildman–Crippen LogP) is 4.64. The van der Waals surface area contributed by atoms with E-state index in [1.807, 2.05) is 85.5 Å². The zero-order valence-electron chi connectivity index (χ0n) is 18.4. The molecule has 0 spiro atoms. The molecule has 2 aromatic heterocycles. The van der Waals surface area contributed by atoms with Gasteiger partial charge in [0.25, 0.3) is 5.91 Å². The highest BCUT2D eigenvalue weighted by Gasteiger charge is 2.23. The number of aromatic nitrogens is 4. The quantitative estimate of drug-likeness (QED) is 0.463. The zero-order chi connectivity index (χ0) is 22.0. The second-order valence-electron chi connectivity index (χ2n) is 7.66. The summed E-state index contributed by atoms with van der Waals surface area (Å²) >= 11 is 0. The lowest BCUT2D eigenvalue weighted by molar-refractivity contribution is 0.0785. The molecule has 0 N–H and O–H groups in total. The van der Waals surface area contributed by atoms with Gasteiger partial charge < -0.3 is 4.90 Å². The minimum Gasteiger partial charge on any atom is -0.337 e. The molecule has 0 radical (unpaired) electrons. The molecule has 4 rings (SSSR count). The number of rotatable bonds is 6. The third-order valence-electron chi connectivity index (χ3n) is 5.59. The molecule has 1 amide bonds. The lowest BCUT2D eigenvalue weighted by Crippen LogP contribution is -2.27. The lowest BCUT2D eigenvalue weighted by Gasteiger charge is -2.17. The number of nitrogens with zero attached hydrogens (tertiary/aromatic N) is 5. The van der Waals surface area contributed by atoms with Gasteiger partial charge in [0.1, 0.15) is 5.69 Å². The molecule has 0 aliphatic heterocycles. The monoisotopic (exact) mass is 413 g/mol. The van der Waals surface area contributed by atoms with Crippen molar-refractivity contribution in [1.29, 1.82) is 0 Å². The van der Waals surface area contributed by atoms with Crippen molar-refractivity contribution in [2.75, 3.05) is 7.05 Å². The Morgan fingerprint density at radius 2 is 1.61 bits per heavy atom. The van der Waals surface area contributed by atoms with Crippen LogP contribution in [0.25, 0.3) is 16.9 Å². The summed E-state index contributed by atoms with van der Waals surface area (Å²) in [5.41, 5.74) is 6.24. The molecular formula is C25H27N5O. The average Bonchev–Trinajstić information content (AvgIpc) is 3.36. The van der Waals surface area contributed by atoms with Crippen LogP contribution in [0, 0.1) is 13.8 Å². The summed E-state index contributed by atoms with van der Waals surface area (Å²) in [4.78, 5) is 15.3. The molecule has 0 bridgehead atoms. The SMILES string of the molecule is CCn1nc(C)c(CN(C)C(=O)c2cn(-c3ccccc3)nc2-c2ccccc2)c1C. The first kappa shape index (κ1) is 20.6. The van der Waals surface area contributed by atoms with Crippen molar-refractivity contribution < 1.29 is 4.79 Å². The fourth-order valence-electron chi connectivity index (χ4n) is 3.84. The van der Waals surface area contributed by atoms with Crippen molar-refractivity contribution in [2.45, 2.75) is 33.9 Å². The first-order valence-electron chi connectivity index (χ1n) is 10.5. The second kappa shape index (κ2) is 8.60. The highest BCUT2D eigenvalue weighted by molar-refractivity contribution is 5.99. The normalized spacial score (nSPS) is 11.0. The number of amides is 1. The summed E-state index contributed by atoms with van der Waals surface area (Å²) in [6.45, 7) is 7.44. The van der Waals surface area contributed by atoms with E-state index in [1.165, 1.54) is 0 Å². The Morgan fingerprint density at radius 3 is 2.23 bits per heavy atom. The van der Waals surface area contributed by atoms with Crippen molar-refractivity contribution >= 4 is 5.91 Å². The molecule has 6 heteroatoms. The summed E-state index contributed by atoms with van der Waals surface area (Å²) < 4.78 is 3.75. The van der Waals surface area contributed by atoms with Gasteiger partial charge in [0.2, 0.25) is 0 Å². The maximum Gasteiger partial charge on any atom is 0.257 e. The third kappa shape index (κ3) is 4.01. The fourth-order valence-corrected chi connectivity index (χ4v) is 3.84. The molecule has 0 saturated carbocycles. The van der Waals surface area contributed by atoms with Crippen LogP contribution in [0.15, 0.2) is 66.9 Å². The molecule has 0 aliphatic rings. The molecule has 0 unspecified atom stereocenters. The maximum absolute atomic E-state index is 13.5. The molecular weight excluding hydrogens is 386 g/mol. The largest absolute Gasteiger partial charge is 0.337 e. The Hall–Kier alpha value is -3.67. The molecule has 158 valence electrons. The summed E-state index contributed by atoms with van der Waals surface area (Å²) in [5, 5.41) is 9.35. The van der Waals surface area contributed by atoms with Crippen molar-refractivity contribution in [2.24, 2.45) is 0 Å². The number of benzene rings is 2. The molecule has 31 heavy (non-hydrogen) atoms. The minimum atomic E-state index is -0.0657. The predicted molar refractivity (Wildman–Crippen MR) is 122 cm³/mol. The molecule has 0 aliphatic carbocycles. The van der Waals surface area contributed by atoms with E-state index in [0.717, 1.165) is 34.7 Å². The van der Waals surface area contributed by atoms with E-state index in [1.54, 1.807) is 9.58 Å². The average molecular weight is 414 g/mol. The van der Waals surface area contributed by atoms with Gasteiger partial charge in [-0.2, -0.15) is 10.2 Å². The Kier molecular flexibility index (Phi) is 5.71. The summed E-state index contributed by atoms with van der Waals surface area (Å²) in [5.74, 6) is -0.0657. The first-order chi connectivity index (χ1) is 15.0. The van der Waals surface area contributed by atoms with E-state index in [9.17, 15) is 4.79 Å². The van der Waals surface area contributed by atoms with Crippen molar-refractivity contribution in [3.05, 3.63) is 89.4 Å². The number of aryl methyl sites for hydroxylation is 2. The van der Waals surface area contributed by atoms with Crippen LogP contribution >= 0.6 is 0 Å². The van der Waals surface area contributed by atoms with Gasteiger partial charge >= 0.3 is 0 Å². The molecule has 0 atom stereocenters.